The number of hydrogen-bond acceptors (Lipinski definition) is 4. The SMILES string of the molecule is N#CCCn1cc(CN2CCCC(CO)C2)c(-c2ccccc2)n1. The molecule has 0 spiro atoms. The first-order chi connectivity index (χ1) is 11.8. The van der Waals surface area contributed by atoms with E-state index in [1.807, 2.05) is 22.9 Å². The molecule has 1 aromatic heterocycles. The van der Waals surface area contributed by atoms with E-state index in [0.29, 0.717) is 18.9 Å². The normalized spacial score (nSPS) is 18.4. The van der Waals surface area contributed by atoms with Gasteiger partial charge in [-0.2, -0.15) is 10.4 Å². The summed E-state index contributed by atoms with van der Waals surface area (Å²) in [5, 5.41) is 23.0. The number of nitriles is 1. The minimum atomic E-state index is 0.267. The third-order valence-corrected chi connectivity index (χ3v) is 4.59. The van der Waals surface area contributed by atoms with Crippen molar-refractivity contribution in [1.29, 1.82) is 5.26 Å². The molecular weight excluding hydrogens is 300 g/mol. The van der Waals surface area contributed by atoms with Crippen molar-refractivity contribution >= 4 is 0 Å². The summed E-state index contributed by atoms with van der Waals surface area (Å²) in [7, 11) is 0. The van der Waals surface area contributed by atoms with Crippen molar-refractivity contribution in [2.75, 3.05) is 19.7 Å². The van der Waals surface area contributed by atoms with Gasteiger partial charge in [0.1, 0.15) is 0 Å². The highest BCUT2D eigenvalue weighted by atomic mass is 16.3. The summed E-state index contributed by atoms with van der Waals surface area (Å²) < 4.78 is 1.88. The van der Waals surface area contributed by atoms with Gasteiger partial charge >= 0.3 is 0 Å². The molecule has 5 nitrogen and oxygen atoms in total. The number of aliphatic hydroxyl groups is 1. The lowest BCUT2D eigenvalue weighted by Gasteiger charge is -2.31. The van der Waals surface area contributed by atoms with Crippen LogP contribution in [0, 0.1) is 17.2 Å². The number of hydrogen-bond donors (Lipinski definition) is 1. The zero-order valence-electron chi connectivity index (χ0n) is 13.9. The molecule has 24 heavy (non-hydrogen) atoms. The molecule has 2 aromatic rings. The fourth-order valence-electron chi connectivity index (χ4n) is 3.38. The van der Waals surface area contributed by atoms with Crippen molar-refractivity contribution in [2.24, 2.45) is 5.92 Å². The van der Waals surface area contributed by atoms with Gasteiger partial charge in [-0.15, -0.1) is 0 Å². The van der Waals surface area contributed by atoms with E-state index in [9.17, 15) is 5.11 Å². The fraction of sp³-hybridized carbons (Fsp3) is 0.474. The highest BCUT2D eigenvalue weighted by Gasteiger charge is 2.21. The molecule has 1 unspecified atom stereocenters. The lowest BCUT2D eigenvalue weighted by atomic mass is 9.98. The molecular formula is C19H24N4O. The maximum atomic E-state index is 9.43. The number of piperidine rings is 1. The summed E-state index contributed by atoms with van der Waals surface area (Å²) in [4.78, 5) is 2.41. The Morgan fingerprint density at radius 1 is 1.29 bits per heavy atom. The van der Waals surface area contributed by atoms with E-state index in [4.69, 9.17) is 10.4 Å². The molecule has 1 aliphatic rings. The Labute approximate surface area is 143 Å². The first-order valence-corrected chi connectivity index (χ1v) is 8.62. The van der Waals surface area contributed by atoms with Crippen LogP contribution in [-0.4, -0.2) is 39.5 Å². The molecule has 0 radical (unpaired) electrons. The van der Waals surface area contributed by atoms with E-state index in [2.05, 4.69) is 29.3 Å². The molecule has 1 saturated heterocycles. The molecule has 3 rings (SSSR count). The van der Waals surface area contributed by atoms with Crippen LogP contribution >= 0.6 is 0 Å². The average molecular weight is 324 g/mol. The highest BCUT2D eigenvalue weighted by Crippen LogP contribution is 2.25. The van der Waals surface area contributed by atoms with Gasteiger partial charge in [-0.05, 0) is 25.3 Å². The Kier molecular flexibility index (Phi) is 5.63. The van der Waals surface area contributed by atoms with Crippen LogP contribution in [0.2, 0.25) is 0 Å². The largest absolute Gasteiger partial charge is 0.396 e. The molecule has 126 valence electrons. The van der Waals surface area contributed by atoms with Gasteiger partial charge in [0.2, 0.25) is 0 Å². The summed E-state index contributed by atoms with van der Waals surface area (Å²) in [6, 6.07) is 12.4. The minimum absolute atomic E-state index is 0.267. The monoisotopic (exact) mass is 324 g/mol. The standard InChI is InChI=1S/C19H24N4O/c20-9-5-11-23-14-18(13-22-10-4-6-16(12-22)15-24)19(21-23)17-7-2-1-3-8-17/h1-3,7-8,14,16,24H,4-6,10-13,15H2. The molecule has 1 N–H and O–H groups in total. The van der Waals surface area contributed by atoms with Crippen molar-refractivity contribution < 1.29 is 5.11 Å². The summed E-state index contributed by atoms with van der Waals surface area (Å²) in [5.74, 6) is 0.382. The van der Waals surface area contributed by atoms with Gasteiger partial charge in [0, 0.05) is 37.0 Å². The Bertz CT molecular complexity index is 689. The zero-order valence-corrected chi connectivity index (χ0v) is 13.9. The Morgan fingerprint density at radius 3 is 2.88 bits per heavy atom. The van der Waals surface area contributed by atoms with E-state index in [1.165, 1.54) is 5.56 Å². The highest BCUT2D eigenvalue weighted by molar-refractivity contribution is 5.62. The third kappa shape index (κ3) is 4.02. The van der Waals surface area contributed by atoms with Crippen molar-refractivity contribution in [3.8, 4) is 17.3 Å². The van der Waals surface area contributed by atoms with E-state index in [-0.39, 0.29) is 6.61 Å². The number of nitrogens with zero attached hydrogens (tertiary/aromatic N) is 4. The first-order valence-electron chi connectivity index (χ1n) is 8.62. The van der Waals surface area contributed by atoms with Crippen molar-refractivity contribution in [3.05, 3.63) is 42.1 Å². The predicted octanol–water partition coefficient (Wildman–Crippen LogP) is 2.67. The Balaban J connectivity index is 1.82. The van der Waals surface area contributed by atoms with Gasteiger partial charge in [0.05, 0.1) is 24.7 Å². The van der Waals surface area contributed by atoms with Crippen molar-refractivity contribution in [1.82, 2.24) is 14.7 Å². The number of likely N-dealkylation sites (tertiary alicyclic amines) is 1. The zero-order chi connectivity index (χ0) is 16.8. The molecule has 1 fully saturated rings. The molecule has 0 saturated carbocycles. The average Bonchev–Trinajstić information content (AvgIpc) is 3.03. The first kappa shape index (κ1) is 16.7. The topological polar surface area (TPSA) is 65.1 Å². The van der Waals surface area contributed by atoms with Gasteiger partial charge in [-0.1, -0.05) is 30.3 Å². The van der Waals surface area contributed by atoms with Crippen LogP contribution in [0.4, 0.5) is 0 Å². The van der Waals surface area contributed by atoms with E-state index in [0.717, 1.165) is 43.7 Å². The van der Waals surface area contributed by atoms with Crippen LogP contribution < -0.4 is 0 Å². The molecule has 0 bridgehead atoms. The van der Waals surface area contributed by atoms with Crippen molar-refractivity contribution in [2.45, 2.75) is 32.4 Å². The quantitative estimate of drug-likeness (QED) is 0.887. The van der Waals surface area contributed by atoms with Crippen molar-refractivity contribution in [3.63, 3.8) is 0 Å². The Hall–Kier alpha value is -2.16. The van der Waals surface area contributed by atoms with Gasteiger partial charge in [-0.3, -0.25) is 9.58 Å². The molecule has 0 aliphatic carbocycles. The van der Waals surface area contributed by atoms with Crippen LogP contribution in [0.25, 0.3) is 11.3 Å². The van der Waals surface area contributed by atoms with Gasteiger partial charge < -0.3 is 5.11 Å². The predicted molar refractivity (Wildman–Crippen MR) is 93.0 cm³/mol. The molecule has 1 atom stereocenters. The molecule has 0 amide bonds. The second-order valence-corrected chi connectivity index (χ2v) is 6.47. The summed E-state index contributed by atoms with van der Waals surface area (Å²) in [6.07, 6.45) is 4.78. The summed E-state index contributed by atoms with van der Waals surface area (Å²) in [6.45, 7) is 3.73. The molecule has 2 heterocycles. The molecule has 1 aromatic carbocycles. The number of benzene rings is 1. The number of aliphatic hydroxyl groups excluding tert-OH is 1. The Morgan fingerprint density at radius 2 is 2.12 bits per heavy atom. The minimum Gasteiger partial charge on any atom is -0.396 e. The van der Waals surface area contributed by atoms with E-state index >= 15 is 0 Å². The van der Waals surface area contributed by atoms with E-state index in [1.54, 1.807) is 0 Å². The number of rotatable bonds is 6. The maximum absolute atomic E-state index is 9.43. The maximum Gasteiger partial charge on any atom is 0.0968 e. The number of aryl methyl sites for hydroxylation is 1. The van der Waals surface area contributed by atoms with E-state index < -0.39 is 0 Å². The van der Waals surface area contributed by atoms with Crippen LogP contribution in [0.15, 0.2) is 36.5 Å². The lowest BCUT2D eigenvalue weighted by molar-refractivity contribution is 0.116. The molecule has 5 heteroatoms. The van der Waals surface area contributed by atoms with Crippen LogP contribution in [0.5, 0.6) is 0 Å². The third-order valence-electron chi connectivity index (χ3n) is 4.59. The van der Waals surface area contributed by atoms with Crippen LogP contribution in [0.3, 0.4) is 0 Å². The smallest absolute Gasteiger partial charge is 0.0968 e. The lowest BCUT2D eigenvalue weighted by Crippen LogP contribution is -2.36. The number of aromatic nitrogens is 2. The van der Waals surface area contributed by atoms with Crippen LogP contribution in [0.1, 0.15) is 24.8 Å². The van der Waals surface area contributed by atoms with Gasteiger partial charge in [0.25, 0.3) is 0 Å². The van der Waals surface area contributed by atoms with Gasteiger partial charge in [-0.25, -0.2) is 0 Å². The summed E-state index contributed by atoms with van der Waals surface area (Å²) >= 11 is 0. The van der Waals surface area contributed by atoms with Crippen LogP contribution in [-0.2, 0) is 13.1 Å². The molecule has 1 aliphatic heterocycles. The second-order valence-electron chi connectivity index (χ2n) is 6.47. The second kappa shape index (κ2) is 8.09. The summed E-state index contributed by atoms with van der Waals surface area (Å²) in [5.41, 5.74) is 3.30. The fourth-order valence-corrected chi connectivity index (χ4v) is 3.38. The van der Waals surface area contributed by atoms with Gasteiger partial charge in [0.15, 0.2) is 0 Å².